The first kappa shape index (κ1) is 12.3. The second-order valence-electron chi connectivity index (χ2n) is 4.57. The first-order valence-corrected chi connectivity index (χ1v) is 6.14. The van der Waals surface area contributed by atoms with Crippen molar-refractivity contribution in [1.29, 1.82) is 0 Å². The third-order valence-corrected chi connectivity index (χ3v) is 3.06. The van der Waals surface area contributed by atoms with E-state index in [1.807, 2.05) is 0 Å². The zero-order valence-electron chi connectivity index (χ0n) is 10.8. The fourth-order valence-corrected chi connectivity index (χ4v) is 1.99. The summed E-state index contributed by atoms with van der Waals surface area (Å²) >= 11 is 0. The number of carbonyl (C=O) groups is 1. The molecule has 1 amide bonds. The van der Waals surface area contributed by atoms with Crippen molar-refractivity contribution in [1.82, 2.24) is 9.97 Å². The van der Waals surface area contributed by atoms with Gasteiger partial charge in [-0.15, -0.1) is 0 Å². The molecule has 0 atom stereocenters. The molecular formula is C15H12FN3O. The number of halogens is 1. The van der Waals surface area contributed by atoms with Crippen LogP contribution in [-0.4, -0.2) is 15.9 Å². The van der Waals surface area contributed by atoms with Gasteiger partial charge in [-0.05, 0) is 42.8 Å². The summed E-state index contributed by atoms with van der Waals surface area (Å²) in [5.41, 5.74) is 2.97. The average Bonchev–Trinajstić information content (AvgIpc) is 2.89. The van der Waals surface area contributed by atoms with Crippen LogP contribution in [0.1, 0.15) is 15.9 Å². The van der Waals surface area contributed by atoms with Gasteiger partial charge in [-0.1, -0.05) is 6.07 Å². The number of aromatic amines is 1. The highest BCUT2D eigenvalue weighted by Crippen LogP contribution is 2.17. The summed E-state index contributed by atoms with van der Waals surface area (Å²) in [6, 6.07) is 9.77. The summed E-state index contributed by atoms with van der Waals surface area (Å²) in [5, 5.41) is 2.56. The minimum atomic E-state index is -0.444. The maximum atomic E-state index is 13.7. The van der Waals surface area contributed by atoms with E-state index in [9.17, 15) is 9.18 Å². The van der Waals surface area contributed by atoms with Crippen LogP contribution in [0.4, 0.5) is 10.1 Å². The number of amides is 1. The smallest absolute Gasteiger partial charge is 0.255 e. The normalized spacial score (nSPS) is 10.7. The Morgan fingerprint density at radius 2 is 2.10 bits per heavy atom. The largest absolute Gasteiger partial charge is 0.345 e. The van der Waals surface area contributed by atoms with Gasteiger partial charge in [0.05, 0.1) is 23.0 Å². The molecule has 0 spiro atoms. The van der Waals surface area contributed by atoms with Crippen molar-refractivity contribution in [2.45, 2.75) is 6.92 Å². The van der Waals surface area contributed by atoms with Crippen molar-refractivity contribution < 1.29 is 9.18 Å². The van der Waals surface area contributed by atoms with E-state index >= 15 is 0 Å². The van der Waals surface area contributed by atoms with Gasteiger partial charge in [-0.2, -0.15) is 0 Å². The van der Waals surface area contributed by atoms with Crippen LogP contribution in [0.15, 0.2) is 42.7 Å². The molecule has 0 fully saturated rings. The summed E-state index contributed by atoms with van der Waals surface area (Å²) in [6.45, 7) is 1.79. The van der Waals surface area contributed by atoms with Crippen LogP contribution in [0, 0.1) is 12.7 Å². The van der Waals surface area contributed by atoms with Crippen molar-refractivity contribution in [3.05, 3.63) is 59.7 Å². The molecule has 4 nitrogen and oxygen atoms in total. The molecule has 0 saturated heterocycles. The highest BCUT2D eigenvalue weighted by atomic mass is 19.1. The van der Waals surface area contributed by atoms with Gasteiger partial charge in [0.2, 0.25) is 0 Å². The van der Waals surface area contributed by atoms with Gasteiger partial charge in [-0.25, -0.2) is 9.37 Å². The summed E-state index contributed by atoms with van der Waals surface area (Å²) in [5.74, 6) is -0.801. The Hall–Kier alpha value is -2.69. The van der Waals surface area contributed by atoms with Crippen LogP contribution >= 0.6 is 0 Å². The van der Waals surface area contributed by atoms with E-state index in [4.69, 9.17) is 0 Å². The van der Waals surface area contributed by atoms with Gasteiger partial charge in [-0.3, -0.25) is 4.79 Å². The molecule has 5 heteroatoms. The van der Waals surface area contributed by atoms with Gasteiger partial charge in [0.15, 0.2) is 0 Å². The topological polar surface area (TPSA) is 57.8 Å². The van der Waals surface area contributed by atoms with Gasteiger partial charge in [0.1, 0.15) is 5.82 Å². The Morgan fingerprint density at radius 1 is 1.25 bits per heavy atom. The maximum Gasteiger partial charge on any atom is 0.255 e. The predicted octanol–water partition coefficient (Wildman–Crippen LogP) is 3.26. The summed E-state index contributed by atoms with van der Waals surface area (Å²) in [4.78, 5) is 19.1. The summed E-state index contributed by atoms with van der Waals surface area (Å²) < 4.78 is 13.7. The molecule has 2 N–H and O–H groups in total. The molecule has 3 rings (SSSR count). The Morgan fingerprint density at radius 3 is 2.90 bits per heavy atom. The number of hydrogen-bond acceptors (Lipinski definition) is 2. The highest BCUT2D eigenvalue weighted by molar-refractivity contribution is 6.05. The molecule has 0 aliphatic heterocycles. The second kappa shape index (κ2) is 4.77. The fourth-order valence-electron chi connectivity index (χ4n) is 1.99. The third kappa shape index (κ3) is 2.25. The SMILES string of the molecule is Cc1ccc(NC(=O)c2ccc3nc[nH]c3c2)c(F)c1. The minimum absolute atomic E-state index is 0.172. The molecule has 0 bridgehead atoms. The third-order valence-electron chi connectivity index (χ3n) is 3.06. The lowest BCUT2D eigenvalue weighted by Gasteiger charge is -2.07. The van der Waals surface area contributed by atoms with E-state index in [0.717, 1.165) is 16.6 Å². The minimum Gasteiger partial charge on any atom is -0.345 e. The molecule has 20 heavy (non-hydrogen) atoms. The number of hydrogen-bond donors (Lipinski definition) is 2. The Balaban J connectivity index is 1.88. The molecule has 0 aliphatic carbocycles. The average molecular weight is 269 g/mol. The van der Waals surface area contributed by atoms with Crippen LogP contribution in [0.3, 0.4) is 0 Å². The monoisotopic (exact) mass is 269 g/mol. The van der Waals surface area contributed by atoms with Crippen LogP contribution in [0.25, 0.3) is 11.0 Å². The van der Waals surface area contributed by atoms with Crippen molar-refractivity contribution in [2.24, 2.45) is 0 Å². The number of nitrogens with zero attached hydrogens (tertiary/aromatic N) is 1. The van der Waals surface area contributed by atoms with E-state index in [1.165, 1.54) is 6.07 Å². The van der Waals surface area contributed by atoms with E-state index in [-0.39, 0.29) is 11.6 Å². The lowest BCUT2D eigenvalue weighted by Crippen LogP contribution is -2.13. The fraction of sp³-hybridized carbons (Fsp3) is 0.0667. The number of benzene rings is 2. The van der Waals surface area contributed by atoms with Gasteiger partial charge in [0.25, 0.3) is 5.91 Å². The first-order chi connectivity index (χ1) is 9.63. The van der Waals surface area contributed by atoms with Crippen molar-refractivity contribution >= 4 is 22.6 Å². The zero-order chi connectivity index (χ0) is 14.1. The number of rotatable bonds is 2. The number of H-pyrrole nitrogens is 1. The Kier molecular flexibility index (Phi) is 2.95. The molecule has 1 heterocycles. The number of anilines is 1. The standard InChI is InChI=1S/C15H12FN3O/c1-9-2-4-12(11(16)6-9)19-15(20)10-3-5-13-14(7-10)18-8-17-13/h2-8H,1H3,(H,17,18)(H,19,20). The van der Waals surface area contributed by atoms with Gasteiger partial charge < -0.3 is 10.3 Å². The first-order valence-electron chi connectivity index (χ1n) is 6.14. The molecule has 3 aromatic rings. The number of fused-ring (bicyclic) bond motifs is 1. The molecule has 0 unspecified atom stereocenters. The van der Waals surface area contributed by atoms with Gasteiger partial charge in [0, 0.05) is 5.56 Å². The highest BCUT2D eigenvalue weighted by Gasteiger charge is 2.10. The lowest BCUT2D eigenvalue weighted by molar-refractivity contribution is 0.102. The van der Waals surface area contributed by atoms with Crippen molar-refractivity contribution in [3.63, 3.8) is 0 Å². The number of aromatic nitrogens is 2. The molecule has 0 aliphatic rings. The molecule has 2 aromatic carbocycles. The number of carbonyl (C=O) groups excluding carboxylic acids is 1. The molecule has 1 aromatic heterocycles. The van der Waals surface area contributed by atoms with Crippen molar-refractivity contribution in [3.8, 4) is 0 Å². The Bertz CT molecular complexity index is 795. The Labute approximate surface area is 114 Å². The van der Waals surface area contributed by atoms with E-state index < -0.39 is 5.82 Å². The molecular weight excluding hydrogens is 257 g/mol. The summed E-state index contributed by atoms with van der Waals surface area (Å²) in [7, 11) is 0. The van der Waals surface area contributed by atoms with Crippen molar-refractivity contribution in [2.75, 3.05) is 5.32 Å². The second-order valence-corrected chi connectivity index (χ2v) is 4.57. The lowest BCUT2D eigenvalue weighted by atomic mass is 10.1. The van der Waals surface area contributed by atoms with Crippen LogP contribution in [0.5, 0.6) is 0 Å². The molecule has 0 saturated carbocycles. The number of nitrogens with one attached hydrogen (secondary N) is 2. The van der Waals surface area contributed by atoms with Gasteiger partial charge >= 0.3 is 0 Å². The molecule has 0 radical (unpaired) electrons. The maximum absolute atomic E-state index is 13.7. The zero-order valence-corrected chi connectivity index (χ0v) is 10.8. The van der Waals surface area contributed by atoms with E-state index in [1.54, 1.807) is 43.6 Å². The van der Waals surface area contributed by atoms with E-state index in [0.29, 0.717) is 5.56 Å². The quantitative estimate of drug-likeness (QED) is 0.750. The van der Waals surface area contributed by atoms with Crippen LogP contribution in [-0.2, 0) is 0 Å². The van der Waals surface area contributed by atoms with Crippen LogP contribution in [0.2, 0.25) is 0 Å². The number of aryl methyl sites for hydroxylation is 1. The molecule has 100 valence electrons. The predicted molar refractivity (Wildman–Crippen MR) is 75.2 cm³/mol. The van der Waals surface area contributed by atoms with E-state index in [2.05, 4.69) is 15.3 Å². The van der Waals surface area contributed by atoms with Crippen LogP contribution < -0.4 is 5.32 Å². The summed E-state index contributed by atoms with van der Waals surface area (Å²) in [6.07, 6.45) is 1.56. The number of imidazole rings is 1.